The third-order valence-corrected chi connectivity index (χ3v) is 4.54. The van der Waals surface area contributed by atoms with Crippen molar-refractivity contribution >= 4 is 40.5 Å². The van der Waals surface area contributed by atoms with E-state index in [0.717, 1.165) is 11.3 Å². The number of carbonyl (C=O) groups excluding carboxylic acids is 2. The second kappa shape index (κ2) is 7.13. The predicted octanol–water partition coefficient (Wildman–Crippen LogP) is 3.55. The summed E-state index contributed by atoms with van der Waals surface area (Å²) in [5.74, 6) is -1.01. The summed E-state index contributed by atoms with van der Waals surface area (Å²) in [5.41, 5.74) is 1.77. The van der Waals surface area contributed by atoms with Crippen LogP contribution in [0.25, 0.3) is 0 Å². The molecule has 0 saturated carbocycles. The third-order valence-electron chi connectivity index (χ3n) is 4.22. The standard InChI is InChI=1S/C18H16ClN3O4/c1-11-3-2-4-14(7-11)21-10-12(8-17(21)23)18(24)20-13-5-6-15(19)16(9-13)22(25)26/h2-7,9,12H,8,10H2,1H3,(H,20,24)/t12-/m0/s1. The minimum Gasteiger partial charge on any atom is -0.326 e. The lowest BCUT2D eigenvalue weighted by Gasteiger charge is -2.17. The van der Waals surface area contributed by atoms with Crippen LogP contribution < -0.4 is 10.2 Å². The maximum absolute atomic E-state index is 12.5. The van der Waals surface area contributed by atoms with Crippen LogP contribution in [0.3, 0.4) is 0 Å². The third kappa shape index (κ3) is 3.67. The van der Waals surface area contributed by atoms with Crippen molar-refractivity contribution in [3.63, 3.8) is 0 Å². The molecule has 0 spiro atoms. The number of nitro benzene ring substituents is 1. The van der Waals surface area contributed by atoms with Gasteiger partial charge in [-0.25, -0.2) is 0 Å². The number of amides is 2. The first-order valence-corrected chi connectivity index (χ1v) is 8.35. The molecule has 0 radical (unpaired) electrons. The second-order valence-electron chi connectivity index (χ2n) is 6.16. The maximum atomic E-state index is 12.5. The molecule has 0 unspecified atom stereocenters. The van der Waals surface area contributed by atoms with Crippen LogP contribution >= 0.6 is 11.6 Å². The number of carbonyl (C=O) groups is 2. The van der Waals surface area contributed by atoms with Gasteiger partial charge >= 0.3 is 0 Å². The van der Waals surface area contributed by atoms with Crippen LogP contribution in [0.15, 0.2) is 42.5 Å². The molecule has 1 aliphatic rings. The summed E-state index contributed by atoms with van der Waals surface area (Å²) in [6.07, 6.45) is 0.0927. The maximum Gasteiger partial charge on any atom is 0.289 e. The predicted molar refractivity (Wildman–Crippen MR) is 98.4 cm³/mol. The van der Waals surface area contributed by atoms with Gasteiger partial charge in [0.2, 0.25) is 11.8 Å². The van der Waals surface area contributed by atoms with E-state index in [4.69, 9.17) is 11.6 Å². The van der Waals surface area contributed by atoms with Gasteiger partial charge in [0, 0.05) is 30.4 Å². The van der Waals surface area contributed by atoms with Gasteiger partial charge in [0.25, 0.3) is 5.69 Å². The zero-order valence-electron chi connectivity index (χ0n) is 13.9. The molecule has 1 atom stereocenters. The lowest BCUT2D eigenvalue weighted by molar-refractivity contribution is -0.384. The molecule has 7 nitrogen and oxygen atoms in total. The summed E-state index contributed by atoms with van der Waals surface area (Å²) in [6.45, 7) is 2.20. The molecule has 2 aromatic carbocycles. The van der Waals surface area contributed by atoms with Crippen LogP contribution in [0.2, 0.25) is 5.02 Å². The normalized spacial score (nSPS) is 16.6. The van der Waals surface area contributed by atoms with E-state index >= 15 is 0 Å². The summed E-state index contributed by atoms with van der Waals surface area (Å²) in [6, 6.07) is 11.6. The Morgan fingerprint density at radius 1 is 1.31 bits per heavy atom. The number of nitrogens with zero attached hydrogens (tertiary/aromatic N) is 2. The molecular weight excluding hydrogens is 358 g/mol. The van der Waals surface area contributed by atoms with Gasteiger partial charge in [-0.3, -0.25) is 19.7 Å². The Bertz CT molecular complexity index is 900. The summed E-state index contributed by atoms with van der Waals surface area (Å²) < 4.78 is 0. The highest BCUT2D eigenvalue weighted by Gasteiger charge is 2.35. The van der Waals surface area contributed by atoms with Crippen molar-refractivity contribution in [1.82, 2.24) is 0 Å². The van der Waals surface area contributed by atoms with Crippen LogP contribution in [-0.4, -0.2) is 23.3 Å². The van der Waals surface area contributed by atoms with Crippen molar-refractivity contribution in [3.8, 4) is 0 Å². The molecule has 0 aromatic heterocycles. The van der Waals surface area contributed by atoms with Crippen molar-refractivity contribution < 1.29 is 14.5 Å². The fraction of sp³-hybridized carbons (Fsp3) is 0.222. The first-order chi connectivity index (χ1) is 12.3. The Morgan fingerprint density at radius 2 is 2.08 bits per heavy atom. The van der Waals surface area contributed by atoms with Crippen molar-refractivity contribution in [1.29, 1.82) is 0 Å². The molecular formula is C18H16ClN3O4. The van der Waals surface area contributed by atoms with Crippen molar-refractivity contribution in [3.05, 3.63) is 63.2 Å². The minimum atomic E-state index is -0.615. The van der Waals surface area contributed by atoms with E-state index in [1.54, 1.807) is 4.90 Å². The number of nitro groups is 1. The van der Waals surface area contributed by atoms with Crippen LogP contribution in [0.4, 0.5) is 17.1 Å². The van der Waals surface area contributed by atoms with Gasteiger partial charge in [0.1, 0.15) is 5.02 Å². The van der Waals surface area contributed by atoms with E-state index < -0.39 is 10.8 Å². The van der Waals surface area contributed by atoms with Gasteiger partial charge in [-0.2, -0.15) is 0 Å². The topological polar surface area (TPSA) is 92.6 Å². The van der Waals surface area contributed by atoms with Crippen LogP contribution in [-0.2, 0) is 9.59 Å². The molecule has 26 heavy (non-hydrogen) atoms. The fourth-order valence-electron chi connectivity index (χ4n) is 2.90. The number of benzene rings is 2. The van der Waals surface area contributed by atoms with Gasteiger partial charge in [0.15, 0.2) is 0 Å². The number of aryl methyl sites for hydroxylation is 1. The Balaban J connectivity index is 1.72. The van der Waals surface area contributed by atoms with E-state index in [-0.39, 0.29) is 41.2 Å². The Labute approximate surface area is 154 Å². The molecule has 1 heterocycles. The van der Waals surface area contributed by atoms with Crippen LogP contribution in [0.1, 0.15) is 12.0 Å². The first kappa shape index (κ1) is 17.9. The smallest absolute Gasteiger partial charge is 0.289 e. The number of hydrogen-bond donors (Lipinski definition) is 1. The Hall–Kier alpha value is -2.93. The molecule has 1 saturated heterocycles. The number of hydrogen-bond acceptors (Lipinski definition) is 4. The van der Waals surface area contributed by atoms with E-state index in [1.807, 2.05) is 31.2 Å². The lowest BCUT2D eigenvalue weighted by atomic mass is 10.1. The van der Waals surface area contributed by atoms with E-state index in [1.165, 1.54) is 18.2 Å². The zero-order chi connectivity index (χ0) is 18.8. The van der Waals surface area contributed by atoms with Crippen molar-refractivity contribution in [2.24, 2.45) is 5.92 Å². The molecule has 1 aliphatic heterocycles. The molecule has 2 aromatic rings. The van der Waals surface area contributed by atoms with Crippen molar-refractivity contribution in [2.75, 3.05) is 16.8 Å². The molecule has 134 valence electrons. The van der Waals surface area contributed by atoms with E-state index in [2.05, 4.69) is 5.32 Å². The number of anilines is 2. The number of halogens is 1. The number of rotatable bonds is 4. The fourth-order valence-corrected chi connectivity index (χ4v) is 3.09. The average Bonchev–Trinajstić information content (AvgIpc) is 2.98. The largest absolute Gasteiger partial charge is 0.326 e. The highest BCUT2D eigenvalue weighted by atomic mass is 35.5. The summed E-state index contributed by atoms with van der Waals surface area (Å²) in [5, 5.41) is 13.6. The lowest BCUT2D eigenvalue weighted by Crippen LogP contribution is -2.28. The van der Waals surface area contributed by atoms with Gasteiger partial charge in [-0.05, 0) is 36.8 Å². The van der Waals surface area contributed by atoms with Crippen LogP contribution in [0.5, 0.6) is 0 Å². The molecule has 0 aliphatic carbocycles. The number of nitrogens with one attached hydrogen (secondary N) is 1. The molecule has 3 rings (SSSR count). The Morgan fingerprint density at radius 3 is 2.77 bits per heavy atom. The zero-order valence-corrected chi connectivity index (χ0v) is 14.7. The van der Waals surface area contributed by atoms with Gasteiger partial charge < -0.3 is 10.2 Å². The molecule has 1 N–H and O–H groups in total. The average molecular weight is 374 g/mol. The van der Waals surface area contributed by atoms with Gasteiger partial charge in [0.05, 0.1) is 10.8 Å². The minimum absolute atomic E-state index is 0.00494. The quantitative estimate of drug-likeness (QED) is 0.655. The van der Waals surface area contributed by atoms with Gasteiger partial charge in [-0.15, -0.1) is 0 Å². The summed E-state index contributed by atoms with van der Waals surface area (Å²) >= 11 is 5.77. The van der Waals surface area contributed by atoms with Crippen molar-refractivity contribution in [2.45, 2.75) is 13.3 Å². The second-order valence-corrected chi connectivity index (χ2v) is 6.56. The SMILES string of the molecule is Cc1cccc(N2C[C@@H](C(=O)Nc3ccc(Cl)c([N+](=O)[O-])c3)CC2=O)c1. The van der Waals surface area contributed by atoms with Gasteiger partial charge in [-0.1, -0.05) is 23.7 Å². The summed E-state index contributed by atoms with van der Waals surface area (Å²) in [4.78, 5) is 36.7. The highest BCUT2D eigenvalue weighted by molar-refractivity contribution is 6.32. The molecule has 0 bridgehead atoms. The molecule has 8 heteroatoms. The van der Waals surface area contributed by atoms with Crippen LogP contribution in [0, 0.1) is 23.0 Å². The van der Waals surface area contributed by atoms with E-state index in [9.17, 15) is 19.7 Å². The first-order valence-electron chi connectivity index (χ1n) is 7.97. The molecule has 1 fully saturated rings. The summed E-state index contributed by atoms with van der Waals surface area (Å²) in [7, 11) is 0. The monoisotopic (exact) mass is 373 g/mol. The molecule has 2 amide bonds. The highest BCUT2D eigenvalue weighted by Crippen LogP contribution is 2.29. The van der Waals surface area contributed by atoms with E-state index in [0.29, 0.717) is 0 Å². The Kier molecular flexibility index (Phi) is 4.90.